The zero-order valence-electron chi connectivity index (χ0n) is 29.7. The van der Waals surface area contributed by atoms with E-state index >= 15 is 0 Å². The number of piperidine rings is 1. The van der Waals surface area contributed by atoms with Crippen molar-refractivity contribution in [3.63, 3.8) is 0 Å². The van der Waals surface area contributed by atoms with Gasteiger partial charge >= 0.3 is 0 Å². The van der Waals surface area contributed by atoms with Crippen LogP contribution < -0.4 is 14.4 Å². The van der Waals surface area contributed by atoms with Crippen LogP contribution in [0.3, 0.4) is 0 Å². The Morgan fingerprint density at radius 1 is 1.06 bits per heavy atom. The van der Waals surface area contributed by atoms with Gasteiger partial charge in [0, 0.05) is 34.3 Å². The second-order valence-electron chi connectivity index (χ2n) is 16.4. The largest absolute Gasteiger partial charge is 0.490 e. The molecule has 5 aliphatic rings. The smallest absolute Gasteiger partial charge is 0.262 e. The van der Waals surface area contributed by atoms with Crippen LogP contribution in [0.1, 0.15) is 93.1 Å². The predicted molar refractivity (Wildman–Crippen MR) is 201 cm³/mol. The number of aliphatic hydroxyl groups is 1. The van der Waals surface area contributed by atoms with Gasteiger partial charge in [-0.05, 0) is 162 Å². The fourth-order valence-electron chi connectivity index (χ4n) is 9.88. The summed E-state index contributed by atoms with van der Waals surface area (Å²) in [6, 6.07) is 12.0. The minimum atomic E-state index is -2.91. The molecule has 2 bridgehead atoms. The molecule has 268 valence electrons. The maximum Gasteiger partial charge on any atom is 0.262 e. The van der Waals surface area contributed by atoms with Gasteiger partial charge < -0.3 is 19.6 Å². The van der Waals surface area contributed by atoms with Gasteiger partial charge in [-0.1, -0.05) is 31.0 Å². The lowest BCUT2D eigenvalue weighted by Gasteiger charge is -2.49. The van der Waals surface area contributed by atoms with E-state index in [1.807, 2.05) is 25.1 Å². The van der Waals surface area contributed by atoms with Gasteiger partial charge in [0.1, 0.15) is 5.75 Å². The van der Waals surface area contributed by atoms with Crippen LogP contribution in [0.4, 0.5) is 5.69 Å². The molecule has 2 aliphatic carbocycles. The molecule has 8 atom stereocenters. The van der Waals surface area contributed by atoms with Crippen LogP contribution in [0.25, 0.3) is 0 Å². The summed E-state index contributed by atoms with van der Waals surface area (Å²) in [6.07, 6.45) is 10.0. The monoisotopic (exact) mass is 709 g/mol. The molecule has 7 nitrogen and oxygen atoms in total. The molecule has 9 heteroatoms. The number of rotatable bonds is 2. The van der Waals surface area contributed by atoms with Crippen molar-refractivity contribution >= 4 is 38.8 Å². The van der Waals surface area contributed by atoms with Crippen molar-refractivity contribution in [2.24, 2.45) is 29.6 Å². The minimum Gasteiger partial charge on any atom is -0.490 e. The van der Waals surface area contributed by atoms with Crippen LogP contribution in [0, 0.1) is 29.6 Å². The van der Waals surface area contributed by atoms with E-state index in [-0.39, 0.29) is 34.5 Å². The van der Waals surface area contributed by atoms with E-state index in [0.717, 1.165) is 107 Å². The first-order valence-corrected chi connectivity index (χ1v) is 21.0. The molecule has 1 saturated heterocycles. The molecule has 49 heavy (non-hydrogen) atoms. The van der Waals surface area contributed by atoms with Gasteiger partial charge in [0.25, 0.3) is 5.91 Å². The molecular weight excluding hydrogens is 654 g/mol. The van der Waals surface area contributed by atoms with Crippen LogP contribution >= 0.6 is 11.6 Å². The molecule has 1 unspecified atom stereocenters. The molecule has 0 aromatic heterocycles. The molecule has 7 rings (SSSR count). The van der Waals surface area contributed by atoms with Crippen molar-refractivity contribution in [3.8, 4) is 5.75 Å². The lowest BCUT2D eigenvalue weighted by Crippen LogP contribution is -2.50. The second-order valence-corrected chi connectivity index (χ2v) is 19.2. The highest BCUT2D eigenvalue weighted by Gasteiger charge is 2.46. The zero-order chi connectivity index (χ0) is 34.5. The SMILES string of the molecule is C=S1(=O)NC(=O)c2ccc3c(c2)N(C[C@@H]2CC[C@H]2[C@@H]([C@@H](O)C2CCN(C)CC2)CCC[C@H](C)[C@H]1C)C[C@@]1(CCCc2cc(Cl)ccc21)CO3. The fraction of sp³-hybridized carbons (Fsp3) is 0.650. The minimum absolute atomic E-state index is 0.122. The third kappa shape index (κ3) is 7.01. The Labute approximate surface area is 299 Å². The van der Waals surface area contributed by atoms with Gasteiger partial charge in [-0.15, -0.1) is 0 Å². The number of halogens is 1. The number of fused-ring (bicyclic) bond motifs is 4. The lowest BCUT2D eigenvalue weighted by atomic mass is 9.62. The number of aliphatic hydroxyl groups excluding tert-OH is 1. The molecule has 1 spiro atoms. The summed E-state index contributed by atoms with van der Waals surface area (Å²) < 4.78 is 23.5. The summed E-state index contributed by atoms with van der Waals surface area (Å²) in [4.78, 5) is 18.6. The van der Waals surface area contributed by atoms with Gasteiger partial charge in [0.2, 0.25) is 0 Å². The average molecular weight is 710 g/mol. The van der Waals surface area contributed by atoms with E-state index in [0.29, 0.717) is 29.9 Å². The van der Waals surface area contributed by atoms with Crippen LogP contribution in [-0.4, -0.2) is 77.2 Å². The lowest BCUT2D eigenvalue weighted by molar-refractivity contribution is -0.0414. The van der Waals surface area contributed by atoms with Crippen molar-refractivity contribution in [2.45, 2.75) is 94.8 Å². The first-order valence-electron chi connectivity index (χ1n) is 18.8. The number of hydrogen-bond donors (Lipinski definition) is 2. The molecule has 3 heterocycles. The van der Waals surface area contributed by atoms with Gasteiger partial charge in [0.05, 0.1) is 28.1 Å². The Bertz CT molecular complexity index is 1640. The van der Waals surface area contributed by atoms with E-state index < -0.39 is 9.71 Å². The Balaban J connectivity index is 1.27. The maximum atomic E-state index is 13.9. The number of aryl methyl sites for hydroxylation is 1. The van der Waals surface area contributed by atoms with Crippen LogP contribution in [0.15, 0.2) is 36.4 Å². The van der Waals surface area contributed by atoms with Crippen molar-refractivity contribution in [2.75, 3.05) is 44.7 Å². The maximum absolute atomic E-state index is 13.9. The Kier molecular flexibility index (Phi) is 10.1. The van der Waals surface area contributed by atoms with E-state index in [1.165, 1.54) is 11.1 Å². The van der Waals surface area contributed by atoms with Gasteiger partial charge in [-0.2, -0.15) is 0 Å². The number of nitrogens with zero attached hydrogens (tertiary/aromatic N) is 2. The number of ether oxygens (including phenoxy) is 1. The molecule has 1 amide bonds. The molecule has 1 saturated carbocycles. The number of carbonyl (C=O) groups excluding carboxylic acids is 1. The average Bonchev–Trinajstić information content (AvgIpc) is 3.21. The first-order chi connectivity index (χ1) is 23.4. The molecule has 3 aliphatic heterocycles. The Morgan fingerprint density at radius 3 is 2.61 bits per heavy atom. The highest BCUT2D eigenvalue weighted by atomic mass is 35.5. The summed E-state index contributed by atoms with van der Waals surface area (Å²) in [6.45, 7) is 8.37. The molecule has 0 radical (unpaired) electrons. The Hall–Kier alpha value is -2.26. The van der Waals surface area contributed by atoms with Crippen molar-refractivity contribution in [1.29, 1.82) is 0 Å². The fourth-order valence-corrected chi connectivity index (χ4v) is 11.6. The number of nitrogens with one attached hydrogen (secondary N) is 1. The molecule has 2 aromatic rings. The number of hydrogen-bond acceptors (Lipinski definition) is 6. The normalized spacial score (nSPS) is 35.2. The quantitative estimate of drug-likeness (QED) is 0.337. The summed E-state index contributed by atoms with van der Waals surface area (Å²) in [5, 5.41) is 12.6. The topological polar surface area (TPSA) is 82.1 Å². The summed E-state index contributed by atoms with van der Waals surface area (Å²) in [5.74, 6) is 6.08. The van der Waals surface area contributed by atoms with Crippen LogP contribution in [-0.2, 0) is 21.5 Å². The Morgan fingerprint density at radius 2 is 1.86 bits per heavy atom. The van der Waals surface area contributed by atoms with Crippen molar-refractivity contribution < 1.29 is 18.8 Å². The van der Waals surface area contributed by atoms with Gasteiger partial charge in [-0.3, -0.25) is 9.52 Å². The first kappa shape index (κ1) is 35.2. The van der Waals surface area contributed by atoms with Gasteiger partial charge in [-0.25, -0.2) is 4.21 Å². The number of anilines is 1. The summed E-state index contributed by atoms with van der Waals surface area (Å²) in [5.41, 5.74) is 3.82. The number of carbonyl (C=O) groups is 1. The second kappa shape index (κ2) is 14.0. The third-order valence-electron chi connectivity index (χ3n) is 13.3. The molecular formula is C40H56ClN3O4S. The molecule has 2 fully saturated rings. The van der Waals surface area contributed by atoms with Crippen LogP contribution in [0.2, 0.25) is 5.02 Å². The van der Waals surface area contributed by atoms with E-state index in [1.54, 1.807) is 6.07 Å². The van der Waals surface area contributed by atoms with E-state index in [9.17, 15) is 14.1 Å². The summed E-state index contributed by atoms with van der Waals surface area (Å²) >= 11 is 6.49. The van der Waals surface area contributed by atoms with Gasteiger partial charge in [0.15, 0.2) is 0 Å². The number of likely N-dealkylation sites (tertiary alicyclic amines) is 1. The number of amides is 1. The molecule has 2 N–H and O–H groups in total. The predicted octanol–water partition coefficient (Wildman–Crippen LogP) is 6.73. The van der Waals surface area contributed by atoms with Crippen molar-refractivity contribution in [3.05, 3.63) is 58.1 Å². The molecule has 2 aromatic carbocycles. The standard InChI is InChI=1S/C40H56ClN3O4S/c1-26-7-5-9-34(38(45)28-16-19-43(3)20-17-28)33-13-10-31(33)23-44-24-40(18-6-8-29-21-32(41)12-14-35(29)40)25-48-37-15-11-30(22-36(37)44)39(46)42-49(4,47)27(26)2/h11-12,14-15,21-22,26-28,31,33-34,38,45H,4-10,13,16-20,23-25H2,1-3H3,(H,42,46,47)/t26-,27+,31-,33+,34-,38-,40-,49?/m0/s1. The highest BCUT2D eigenvalue weighted by molar-refractivity contribution is 7.99. The summed E-state index contributed by atoms with van der Waals surface area (Å²) in [7, 11) is -0.723. The third-order valence-corrected chi connectivity index (χ3v) is 15.8. The van der Waals surface area contributed by atoms with E-state index in [4.69, 9.17) is 16.3 Å². The highest BCUT2D eigenvalue weighted by Crippen LogP contribution is 2.49. The number of benzene rings is 2. The van der Waals surface area contributed by atoms with Crippen molar-refractivity contribution in [1.82, 2.24) is 9.62 Å². The van der Waals surface area contributed by atoms with Crippen LogP contribution in [0.5, 0.6) is 5.75 Å². The van der Waals surface area contributed by atoms with E-state index in [2.05, 4.69) is 46.5 Å². The zero-order valence-corrected chi connectivity index (χ0v) is 31.2.